The average molecular weight is 310 g/mol. The van der Waals surface area contributed by atoms with Gasteiger partial charge in [-0.2, -0.15) is 0 Å². The molecule has 18 heavy (non-hydrogen) atoms. The highest BCUT2D eigenvalue weighted by atomic mass is 79.9. The van der Waals surface area contributed by atoms with Crippen molar-refractivity contribution >= 4 is 15.9 Å². The van der Waals surface area contributed by atoms with Crippen LogP contribution in [0.2, 0.25) is 0 Å². The second kappa shape index (κ2) is 7.30. The number of hydrogen-bond donors (Lipinski definition) is 1. The Hall–Kier alpha value is -0.340. The SMILES string of the molecule is CNCC(Cc1ccc(Br)cc1)C1CCCCC1. The summed E-state index contributed by atoms with van der Waals surface area (Å²) in [6.07, 6.45) is 8.40. The molecule has 100 valence electrons. The van der Waals surface area contributed by atoms with Crippen molar-refractivity contribution < 1.29 is 0 Å². The minimum atomic E-state index is 0.802. The van der Waals surface area contributed by atoms with Crippen LogP contribution >= 0.6 is 15.9 Å². The zero-order valence-corrected chi connectivity index (χ0v) is 12.9. The third-order valence-corrected chi connectivity index (χ3v) is 4.72. The number of hydrogen-bond acceptors (Lipinski definition) is 1. The van der Waals surface area contributed by atoms with Gasteiger partial charge in [-0.05, 0) is 49.5 Å². The van der Waals surface area contributed by atoms with E-state index in [2.05, 4.69) is 52.6 Å². The molecule has 0 bridgehead atoms. The van der Waals surface area contributed by atoms with Crippen molar-refractivity contribution in [2.75, 3.05) is 13.6 Å². The molecule has 0 saturated heterocycles. The molecule has 2 heteroatoms. The van der Waals surface area contributed by atoms with Gasteiger partial charge in [-0.15, -0.1) is 0 Å². The first-order valence-corrected chi connectivity index (χ1v) is 7.98. The molecule has 1 unspecified atom stereocenters. The molecule has 0 aliphatic heterocycles. The Bertz CT molecular complexity index is 341. The lowest BCUT2D eigenvalue weighted by Gasteiger charge is -2.30. The van der Waals surface area contributed by atoms with Gasteiger partial charge in [0.15, 0.2) is 0 Å². The summed E-state index contributed by atoms with van der Waals surface area (Å²) in [5.74, 6) is 1.73. The molecule has 0 amide bonds. The van der Waals surface area contributed by atoms with Crippen molar-refractivity contribution in [3.05, 3.63) is 34.3 Å². The van der Waals surface area contributed by atoms with Gasteiger partial charge in [-0.3, -0.25) is 0 Å². The second-order valence-electron chi connectivity index (χ2n) is 5.55. The molecule has 0 aromatic heterocycles. The van der Waals surface area contributed by atoms with Crippen LogP contribution in [0.3, 0.4) is 0 Å². The van der Waals surface area contributed by atoms with Crippen LogP contribution in [-0.2, 0) is 6.42 Å². The summed E-state index contributed by atoms with van der Waals surface area (Å²) in [5, 5.41) is 3.39. The summed E-state index contributed by atoms with van der Waals surface area (Å²) in [4.78, 5) is 0. The molecule has 1 saturated carbocycles. The lowest BCUT2D eigenvalue weighted by Crippen LogP contribution is -2.29. The zero-order chi connectivity index (χ0) is 12.8. The van der Waals surface area contributed by atoms with Crippen LogP contribution in [0.4, 0.5) is 0 Å². The van der Waals surface area contributed by atoms with Gasteiger partial charge in [-0.1, -0.05) is 60.2 Å². The molecule has 1 atom stereocenters. The molecule has 1 aromatic carbocycles. The fourth-order valence-electron chi connectivity index (χ4n) is 3.20. The minimum absolute atomic E-state index is 0.802. The highest BCUT2D eigenvalue weighted by Crippen LogP contribution is 2.31. The molecular weight excluding hydrogens is 286 g/mol. The van der Waals surface area contributed by atoms with E-state index in [1.807, 2.05) is 0 Å². The van der Waals surface area contributed by atoms with E-state index in [1.165, 1.54) is 48.6 Å². The molecule has 1 aromatic rings. The number of rotatable bonds is 5. The Balaban J connectivity index is 1.98. The lowest BCUT2D eigenvalue weighted by molar-refractivity contribution is 0.243. The summed E-state index contributed by atoms with van der Waals surface area (Å²) < 4.78 is 1.18. The van der Waals surface area contributed by atoms with E-state index in [4.69, 9.17) is 0 Å². The smallest absolute Gasteiger partial charge is 0.0175 e. The van der Waals surface area contributed by atoms with Crippen LogP contribution in [0.1, 0.15) is 37.7 Å². The van der Waals surface area contributed by atoms with Crippen molar-refractivity contribution in [1.29, 1.82) is 0 Å². The van der Waals surface area contributed by atoms with Gasteiger partial charge >= 0.3 is 0 Å². The predicted octanol–water partition coefficient (Wildman–Crippen LogP) is 4.41. The van der Waals surface area contributed by atoms with Gasteiger partial charge in [0.2, 0.25) is 0 Å². The van der Waals surface area contributed by atoms with Crippen molar-refractivity contribution in [2.24, 2.45) is 11.8 Å². The summed E-state index contributed by atoms with van der Waals surface area (Å²) in [7, 11) is 2.08. The van der Waals surface area contributed by atoms with Gasteiger partial charge < -0.3 is 5.32 Å². The topological polar surface area (TPSA) is 12.0 Å². The van der Waals surface area contributed by atoms with Crippen LogP contribution in [0.5, 0.6) is 0 Å². The van der Waals surface area contributed by atoms with Gasteiger partial charge in [0.1, 0.15) is 0 Å². The van der Waals surface area contributed by atoms with Gasteiger partial charge in [-0.25, -0.2) is 0 Å². The summed E-state index contributed by atoms with van der Waals surface area (Å²) in [6, 6.07) is 8.84. The van der Waals surface area contributed by atoms with E-state index in [9.17, 15) is 0 Å². The highest BCUT2D eigenvalue weighted by molar-refractivity contribution is 9.10. The largest absolute Gasteiger partial charge is 0.319 e. The first kappa shape index (κ1) is 14.1. The number of benzene rings is 1. The minimum Gasteiger partial charge on any atom is -0.319 e. The Morgan fingerprint density at radius 3 is 2.44 bits per heavy atom. The molecule has 0 radical (unpaired) electrons. The molecule has 1 N–H and O–H groups in total. The second-order valence-corrected chi connectivity index (χ2v) is 6.46. The van der Waals surface area contributed by atoms with Crippen molar-refractivity contribution in [1.82, 2.24) is 5.32 Å². The normalized spacial score (nSPS) is 18.8. The summed E-state index contributed by atoms with van der Waals surface area (Å²) in [6.45, 7) is 1.15. The van der Waals surface area contributed by atoms with E-state index in [0.717, 1.165) is 18.4 Å². The van der Waals surface area contributed by atoms with E-state index in [-0.39, 0.29) is 0 Å². The van der Waals surface area contributed by atoms with Crippen molar-refractivity contribution in [3.8, 4) is 0 Å². The molecule has 1 nitrogen and oxygen atoms in total. The zero-order valence-electron chi connectivity index (χ0n) is 11.3. The molecule has 1 aliphatic rings. The van der Waals surface area contributed by atoms with Crippen molar-refractivity contribution in [2.45, 2.75) is 38.5 Å². The maximum absolute atomic E-state index is 3.51. The molecule has 0 heterocycles. The maximum Gasteiger partial charge on any atom is 0.0175 e. The average Bonchev–Trinajstić information content (AvgIpc) is 2.42. The number of halogens is 1. The Kier molecular flexibility index (Phi) is 5.71. The third kappa shape index (κ3) is 4.10. The fraction of sp³-hybridized carbons (Fsp3) is 0.625. The molecule has 1 aliphatic carbocycles. The standard InChI is InChI=1S/C16H24BrN/c1-18-12-15(14-5-3-2-4-6-14)11-13-7-9-16(17)10-8-13/h7-10,14-15,18H,2-6,11-12H2,1H3. The van der Waals surface area contributed by atoms with Gasteiger partial charge in [0.25, 0.3) is 0 Å². The summed E-state index contributed by atoms with van der Waals surface area (Å²) in [5.41, 5.74) is 1.48. The Labute approximate surface area is 119 Å². The van der Waals surface area contributed by atoms with Gasteiger partial charge in [0, 0.05) is 4.47 Å². The maximum atomic E-state index is 3.51. The molecular formula is C16H24BrN. The highest BCUT2D eigenvalue weighted by Gasteiger charge is 2.23. The molecule has 0 spiro atoms. The van der Waals surface area contributed by atoms with Gasteiger partial charge in [0.05, 0.1) is 0 Å². The van der Waals surface area contributed by atoms with Crippen molar-refractivity contribution in [3.63, 3.8) is 0 Å². The Morgan fingerprint density at radius 1 is 1.17 bits per heavy atom. The quantitative estimate of drug-likeness (QED) is 0.849. The monoisotopic (exact) mass is 309 g/mol. The predicted molar refractivity (Wildman–Crippen MR) is 81.8 cm³/mol. The van der Waals surface area contributed by atoms with Crippen LogP contribution in [0.15, 0.2) is 28.7 Å². The lowest BCUT2D eigenvalue weighted by atomic mass is 9.77. The van der Waals surface area contributed by atoms with E-state index in [1.54, 1.807) is 0 Å². The number of nitrogens with one attached hydrogen (secondary N) is 1. The van der Waals surface area contributed by atoms with E-state index in [0.29, 0.717) is 0 Å². The fourth-order valence-corrected chi connectivity index (χ4v) is 3.46. The Morgan fingerprint density at radius 2 is 1.83 bits per heavy atom. The van der Waals surface area contributed by atoms with Crippen LogP contribution in [0, 0.1) is 11.8 Å². The first-order chi connectivity index (χ1) is 8.79. The van der Waals surface area contributed by atoms with E-state index < -0.39 is 0 Å². The van der Waals surface area contributed by atoms with Crippen LogP contribution in [-0.4, -0.2) is 13.6 Å². The van der Waals surface area contributed by atoms with E-state index >= 15 is 0 Å². The summed E-state index contributed by atoms with van der Waals surface area (Å²) >= 11 is 3.51. The van der Waals surface area contributed by atoms with Crippen LogP contribution in [0.25, 0.3) is 0 Å². The first-order valence-electron chi connectivity index (χ1n) is 7.18. The molecule has 2 rings (SSSR count). The molecule has 1 fully saturated rings. The van der Waals surface area contributed by atoms with Crippen LogP contribution < -0.4 is 5.32 Å². The third-order valence-electron chi connectivity index (χ3n) is 4.19.